The molecule has 1 aliphatic heterocycles. The van der Waals surface area contributed by atoms with E-state index >= 15 is 0 Å². The Balaban J connectivity index is 1.56. The lowest BCUT2D eigenvalue weighted by molar-refractivity contribution is 0.0695. The van der Waals surface area contributed by atoms with E-state index < -0.39 is 5.97 Å². The van der Waals surface area contributed by atoms with Gasteiger partial charge < -0.3 is 5.11 Å². The first-order valence-electron chi connectivity index (χ1n) is 8.27. The molecular weight excluding hydrogens is 302 g/mol. The first-order chi connectivity index (χ1) is 11.6. The molecule has 0 aromatic heterocycles. The number of benzene rings is 2. The third-order valence-corrected chi connectivity index (χ3v) is 4.62. The molecule has 1 heterocycles. The molecule has 1 saturated heterocycles. The fourth-order valence-electron chi connectivity index (χ4n) is 3.21. The van der Waals surface area contributed by atoms with Crippen molar-refractivity contribution in [3.8, 4) is 0 Å². The number of hydrogen-bond donors (Lipinski definition) is 1. The number of piperidine rings is 1. The van der Waals surface area contributed by atoms with E-state index in [0.29, 0.717) is 5.56 Å². The van der Waals surface area contributed by atoms with Gasteiger partial charge in [0.1, 0.15) is 0 Å². The number of nitrogens with zero attached hydrogens (tertiary/aromatic N) is 1. The van der Waals surface area contributed by atoms with Crippen molar-refractivity contribution in [1.82, 2.24) is 4.90 Å². The SMILES string of the molecule is O=C(O)c1ccc(C(=O)C2CCN(Cc3ccccc3)CC2)cc1. The van der Waals surface area contributed by atoms with Crippen molar-refractivity contribution >= 4 is 11.8 Å². The van der Waals surface area contributed by atoms with Crippen molar-refractivity contribution in [2.75, 3.05) is 13.1 Å². The summed E-state index contributed by atoms with van der Waals surface area (Å²) in [5.41, 5.74) is 2.12. The lowest BCUT2D eigenvalue weighted by atomic mass is 9.88. The number of carboxylic acids is 1. The quantitative estimate of drug-likeness (QED) is 0.856. The van der Waals surface area contributed by atoms with Gasteiger partial charge in [-0.25, -0.2) is 4.79 Å². The summed E-state index contributed by atoms with van der Waals surface area (Å²) in [4.78, 5) is 25.8. The predicted molar refractivity (Wildman–Crippen MR) is 92.2 cm³/mol. The molecule has 3 rings (SSSR count). The van der Waals surface area contributed by atoms with E-state index in [9.17, 15) is 9.59 Å². The molecule has 0 radical (unpaired) electrons. The zero-order valence-electron chi connectivity index (χ0n) is 13.5. The molecule has 0 bridgehead atoms. The minimum Gasteiger partial charge on any atom is -0.478 e. The van der Waals surface area contributed by atoms with Crippen LogP contribution in [0.15, 0.2) is 54.6 Å². The minimum atomic E-state index is -0.969. The van der Waals surface area contributed by atoms with Crippen LogP contribution in [0, 0.1) is 5.92 Å². The van der Waals surface area contributed by atoms with E-state index in [1.54, 1.807) is 12.1 Å². The highest BCUT2D eigenvalue weighted by Crippen LogP contribution is 2.23. The van der Waals surface area contributed by atoms with Gasteiger partial charge in [-0.15, -0.1) is 0 Å². The first-order valence-corrected chi connectivity index (χ1v) is 8.27. The number of likely N-dealkylation sites (tertiary alicyclic amines) is 1. The summed E-state index contributed by atoms with van der Waals surface area (Å²) in [5.74, 6) is -0.803. The van der Waals surface area contributed by atoms with Crippen LogP contribution in [0.5, 0.6) is 0 Å². The molecule has 1 N–H and O–H groups in total. The van der Waals surface area contributed by atoms with Crippen LogP contribution < -0.4 is 0 Å². The Labute approximate surface area is 141 Å². The fraction of sp³-hybridized carbons (Fsp3) is 0.300. The van der Waals surface area contributed by atoms with Crippen molar-refractivity contribution in [2.24, 2.45) is 5.92 Å². The number of carbonyl (C=O) groups is 2. The van der Waals surface area contributed by atoms with Crippen molar-refractivity contribution in [3.05, 3.63) is 71.3 Å². The Morgan fingerprint density at radius 3 is 2.08 bits per heavy atom. The lowest BCUT2D eigenvalue weighted by Crippen LogP contribution is -2.35. The summed E-state index contributed by atoms with van der Waals surface area (Å²) < 4.78 is 0. The highest BCUT2D eigenvalue weighted by atomic mass is 16.4. The molecule has 1 fully saturated rings. The van der Waals surface area contributed by atoms with Gasteiger partial charge >= 0.3 is 5.97 Å². The maximum Gasteiger partial charge on any atom is 0.335 e. The summed E-state index contributed by atoms with van der Waals surface area (Å²) in [7, 11) is 0. The van der Waals surface area contributed by atoms with Crippen molar-refractivity contribution in [2.45, 2.75) is 19.4 Å². The molecule has 4 nitrogen and oxygen atoms in total. The van der Waals surface area contributed by atoms with Crippen LogP contribution >= 0.6 is 0 Å². The van der Waals surface area contributed by atoms with Crippen LogP contribution in [0.4, 0.5) is 0 Å². The number of ketones is 1. The van der Waals surface area contributed by atoms with Crippen LogP contribution in [0.25, 0.3) is 0 Å². The smallest absolute Gasteiger partial charge is 0.335 e. The van der Waals surface area contributed by atoms with Crippen molar-refractivity contribution < 1.29 is 14.7 Å². The second kappa shape index (κ2) is 7.41. The van der Waals surface area contributed by atoms with Gasteiger partial charge in [0.2, 0.25) is 0 Å². The Kier molecular flexibility index (Phi) is 5.06. The number of carboxylic acid groups (broad SMARTS) is 1. The molecule has 0 amide bonds. The van der Waals surface area contributed by atoms with E-state index in [4.69, 9.17) is 5.11 Å². The van der Waals surface area contributed by atoms with Crippen LogP contribution in [-0.2, 0) is 6.54 Å². The third kappa shape index (κ3) is 3.89. The second-order valence-corrected chi connectivity index (χ2v) is 6.28. The molecule has 0 atom stereocenters. The molecule has 124 valence electrons. The second-order valence-electron chi connectivity index (χ2n) is 6.28. The third-order valence-electron chi connectivity index (χ3n) is 4.62. The Morgan fingerprint density at radius 1 is 0.917 bits per heavy atom. The van der Waals surface area contributed by atoms with Gasteiger partial charge in [0, 0.05) is 18.0 Å². The molecule has 0 saturated carbocycles. The highest BCUT2D eigenvalue weighted by Gasteiger charge is 2.25. The molecule has 2 aromatic carbocycles. The molecule has 0 unspecified atom stereocenters. The molecular formula is C20H21NO3. The van der Waals surface area contributed by atoms with E-state index in [1.165, 1.54) is 17.7 Å². The molecule has 2 aromatic rings. The Morgan fingerprint density at radius 2 is 1.50 bits per heavy atom. The zero-order valence-corrected chi connectivity index (χ0v) is 13.5. The highest BCUT2D eigenvalue weighted by molar-refractivity contribution is 5.99. The van der Waals surface area contributed by atoms with E-state index in [0.717, 1.165) is 32.5 Å². The zero-order chi connectivity index (χ0) is 16.9. The van der Waals surface area contributed by atoms with E-state index in [-0.39, 0.29) is 17.3 Å². The van der Waals surface area contributed by atoms with Gasteiger partial charge in [-0.1, -0.05) is 42.5 Å². The largest absolute Gasteiger partial charge is 0.478 e. The van der Waals surface area contributed by atoms with Gasteiger partial charge in [0.25, 0.3) is 0 Å². The number of carbonyl (C=O) groups excluding carboxylic acids is 1. The van der Waals surface area contributed by atoms with Crippen LogP contribution in [0.1, 0.15) is 39.1 Å². The minimum absolute atomic E-state index is 0.0349. The lowest BCUT2D eigenvalue weighted by Gasteiger charge is -2.31. The number of rotatable bonds is 5. The first kappa shape index (κ1) is 16.4. The summed E-state index contributed by atoms with van der Waals surface area (Å²) in [6.07, 6.45) is 1.71. The fourth-order valence-corrected chi connectivity index (χ4v) is 3.21. The molecule has 4 heteroatoms. The van der Waals surface area contributed by atoms with Gasteiger partial charge in [0.05, 0.1) is 5.56 Å². The van der Waals surface area contributed by atoms with Gasteiger partial charge in [0.15, 0.2) is 5.78 Å². The summed E-state index contributed by atoms with van der Waals surface area (Å²) in [6, 6.07) is 16.6. The summed E-state index contributed by atoms with van der Waals surface area (Å²) in [6.45, 7) is 2.76. The molecule has 1 aliphatic rings. The maximum atomic E-state index is 12.6. The average molecular weight is 323 g/mol. The predicted octanol–water partition coefficient (Wildman–Crippen LogP) is 3.48. The van der Waals surface area contributed by atoms with Crippen LogP contribution in [-0.4, -0.2) is 34.8 Å². The molecule has 24 heavy (non-hydrogen) atoms. The molecule has 0 aliphatic carbocycles. The van der Waals surface area contributed by atoms with Crippen molar-refractivity contribution in [3.63, 3.8) is 0 Å². The maximum absolute atomic E-state index is 12.6. The van der Waals surface area contributed by atoms with E-state index in [1.807, 2.05) is 18.2 Å². The van der Waals surface area contributed by atoms with Crippen molar-refractivity contribution in [1.29, 1.82) is 0 Å². The average Bonchev–Trinajstić information content (AvgIpc) is 2.63. The van der Waals surface area contributed by atoms with Gasteiger partial charge in [-0.05, 0) is 43.6 Å². The monoisotopic (exact) mass is 323 g/mol. The molecule has 0 spiro atoms. The van der Waals surface area contributed by atoms with Gasteiger partial charge in [-0.3, -0.25) is 9.69 Å². The summed E-state index contributed by atoms with van der Waals surface area (Å²) in [5, 5.41) is 8.92. The summed E-state index contributed by atoms with van der Waals surface area (Å²) >= 11 is 0. The van der Waals surface area contributed by atoms with E-state index in [2.05, 4.69) is 17.0 Å². The number of aromatic carboxylic acids is 1. The Hall–Kier alpha value is -2.46. The van der Waals surface area contributed by atoms with Crippen LogP contribution in [0.3, 0.4) is 0 Å². The standard InChI is InChI=1S/C20H21NO3/c22-19(16-6-8-18(9-7-16)20(23)24)17-10-12-21(13-11-17)14-15-4-2-1-3-5-15/h1-9,17H,10-14H2,(H,23,24). The van der Waals surface area contributed by atoms with Crippen LogP contribution in [0.2, 0.25) is 0 Å². The Bertz CT molecular complexity index is 701. The normalized spacial score (nSPS) is 16.0. The number of Topliss-reactive ketones (excluding diaryl/α,β-unsaturated/α-hetero) is 1. The number of hydrogen-bond acceptors (Lipinski definition) is 3. The topological polar surface area (TPSA) is 57.6 Å². The van der Waals surface area contributed by atoms with Gasteiger partial charge in [-0.2, -0.15) is 0 Å².